The minimum atomic E-state index is 0.672. The Bertz CT molecular complexity index is 571. The molecule has 0 aliphatic carbocycles. The van der Waals surface area contributed by atoms with Crippen LogP contribution in [0.3, 0.4) is 0 Å². The first-order chi connectivity index (χ1) is 9.02. The summed E-state index contributed by atoms with van der Waals surface area (Å²) < 4.78 is 8.93. The van der Waals surface area contributed by atoms with Crippen LogP contribution in [-0.2, 0) is 13.1 Å². The van der Waals surface area contributed by atoms with Crippen molar-refractivity contribution in [2.45, 2.75) is 40.8 Å². The van der Waals surface area contributed by atoms with Crippen LogP contribution in [0.15, 0.2) is 15.0 Å². The van der Waals surface area contributed by atoms with Gasteiger partial charge in [0, 0.05) is 0 Å². The number of halogens is 1. The van der Waals surface area contributed by atoms with Crippen molar-refractivity contribution in [1.29, 1.82) is 0 Å². The molecule has 0 radical (unpaired) electrons. The summed E-state index contributed by atoms with van der Waals surface area (Å²) in [6, 6.07) is 2.09. The van der Waals surface area contributed by atoms with Crippen LogP contribution < -0.4 is 5.32 Å². The summed E-state index contributed by atoms with van der Waals surface area (Å²) in [5.41, 5.74) is 3.32. The van der Waals surface area contributed by atoms with Gasteiger partial charge in [-0.3, -0.25) is 4.68 Å². The average molecular weight is 326 g/mol. The quantitative estimate of drug-likeness (QED) is 0.917. The molecule has 0 aliphatic rings. The van der Waals surface area contributed by atoms with E-state index >= 15 is 0 Å². The van der Waals surface area contributed by atoms with E-state index in [-0.39, 0.29) is 0 Å². The number of rotatable bonds is 5. The lowest BCUT2D eigenvalue weighted by atomic mass is 10.2. The van der Waals surface area contributed by atoms with Crippen molar-refractivity contribution in [2.24, 2.45) is 0 Å². The second-order valence-electron chi connectivity index (χ2n) is 4.74. The Hall–Kier alpha value is -1.07. The molecule has 1 N–H and O–H groups in total. The zero-order chi connectivity index (χ0) is 14.0. The molecule has 0 unspecified atom stereocenters. The highest BCUT2D eigenvalue weighted by atomic mass is 79.9. The van der Waals surface area contributed by atoms with E-state index in [0.29, 0.717) is 6.54 Å². The van der Waals surface area contributed by atoms with Crippen molar-refractivity contribution in [3.05, 3.63) is 39.0 Å². The molecule has 2 aromatic heterocycles. The van der Waals surface area contributed by atoms with E-state index in [1.54, 1.807) is 0 Å². The van der Waals surface area contributed by atoms with Gasteiger partial charge < -0.3 is 9.73 Å². The Labute approximate surface area is 122 Å². The molecule has 0 spiro atoms. The first kappa shape index (κ1) is 14.3. The molecule has 5 heteroatoms. The molecule has 104 valence electrons. The molecule has 0 saturated heterocycles. The van der Waals surface area contributed by atoms with Crippen LogP contribution in [0, 0.1) is 20.8 Å². The van der Waals surface area contributed by atoms with Crippen LogP contribution in [-0.4, -0.2) is 16.3 Å². The van der Waals surface area contributed by atoms with Gasteiger partial charge in [0.25, 0.3) is 0 Å². The molecule has 0 atom stereocenters. The predicted molar refractivity (Wildman–Crippen MR) is 79.3 cm³/mol. The van der Waals surface area contributed by atoms with Crippen LogP contribution in [0.25, 0.3) is 0 Å². The lowest BCUT2D eigenvalue weighted by Crippen LogP contribution is -2.11. The first-order valence-corrected chi connectivity index (χ1v) is 7.30. The fraction of sp³-hybridized carbons (Fsp3) is 0.500. The van der Waals surface area contributed by atoms with Crippen molar-refractivity contribution in [1.82, 2.24) is 15.1 Å². The van der Waals surface area contributed by atoms with Crippen molar-refractivity contribution >= 4 is 15.9 Å². The van der Waals surface area contributed by atoms with Crippen LogP contribution in [0.4, 0.5) is 0 Å². The number of aryl methyl sites for hydroxylation is 2. The summed E-state index contributed by atoms with van der Waals surface area (Å²) in [7, 11) is 0. The average Bonchev–Trinajstić information content (AvgIpc) is 2.83. The van der Waals surface area contributed by atoms with Crippen LogP contribution in [0.1, 0.15) is 35.4 Å². The Morgan fingerprint density at radius 2 is 2.11 bits per heavy atom. The molecule has 0 saturated carbocycles. The van der Waals surface area contributed by atoms with Gasteiger partial charge in [-0.2, -0.15) is 5.10 Å². The molecule has 4 nitrogen and oxygen atoms in total. The van der Waals surface area contributed by atoms with Gasteiger partial charge in [-0.15, -0.1) is 0 Å². The standard InChI is InChI=1S/C14H20BrN3O/c1-5-16-7-13-9(2)6-12(19-13)8-18-11(4)14(15)10(3)17-18/h6,16H,5,7-8H2,1-4H3. The predicted octanol–water partition coefficient (Wildman–Crippen LogP) is 3.32. The zero-order valence-electron chi connectivity index (χ0n) is 11.9. The molecule has 0 bridgehead atoms. The SMILES string of the molecule is CCNCc1oc(Cn2nc(C)c(Br)c2C)cc1C. The van der Waals surface area contributed by atoms with E-state index < -0.39 is 0 Å². The van der Waals surface area contributed by atoms with Gasteiger partial charge in [0.15, 0.2) is 0 Å². The summed E-state index contributed by atoms with van der Waals surface area (Å²) in [4.78, 5) is 0. The molecule has 2 heterocycles. The fourth-order valence-electron chi connectivity index (χ4n) is 2.06. The van der Waals surface area contributed by atoms with Crippen molar-refractivity contribution < 1.29 is 4.42 Å². The molecule has 0 aliphatic heterocycles. The minimum absolute atomic E-state index is 0.672. The molecular weight excluding hydrogens is 306 g/mol. The highest BCUT2D eigenvalue weighted by Crippen LogP contribution is 2.22. The summed E-state index contributed by atoms with van der Waals surface area (Å²) >= 11 is 3.54. The third kappa shape index (κ3) is 3.09. The van der Waals surface area contributed by atoms with Gasteiger partial charge in [-0.25, -0.2) is 0 Å². The molecule has 0 aromatic carbocycles. The second kappa shape index (κ2) is 5.92. The smallest absolute Gasteiger partial charge is 0.126 e. The van der Waals surface area contributed by atoms with Gasteiger partial charge >= 0.3 is 0 Å². The summed E-state index contributed by atoms with van der Waals surface area (Å²) in [5.74, 6) is 1.96. The third-order valence-electron chi connectivity index (χ3n) is 3.21. The van der Waals surface area contributed by atoms with E-state index in [2.05, 4.69) is 53.2 Å². The Kier molecular flexibility index (Phi) is 4.47. The van der Waals surface area contributed by atoms with E-state index in [4.69, 9.17) is 4.42 Å². The summed E-state index contributed by atoms with van der Waals surface area (Å²) in [6.45, 7) is 10.6. The Morgan fingerprint density at radius 3 is 2.68 bits per heavy atom. The van der Waals surface area contributed by atoms with Gasteiger partial charge in [0.2, 0.25) is 0 Å². The van der Waals surface area contributed by atoms with Gasteiger partial charge in [0.1, 0.15) is 11.5 Å². The number of nitrogens with one attached hydrogen (secondary N) is 1. The highest BCUT2D eigenvalue weighted by Gasteiger charge is 2.12. The van der Waals surface area contributed by atoms with E-state index in [0.717, 1.165) is 40.5 Å². The van der Waals surface area contributed by atoms with E-state index in [9.17, 15) is 0 Å². The fourth-order valence-corrected chi connectivity index (χ4v) is 2.34. The lowest BCUT2D eigenvalue weighted by Gasteiger charge is -2.02. The first-order valence-electron chi connectivity index (χ1n) is 6.51. The van der Waals surface area contributed by atoms with E-state index in [1.165, 1.54) is 5.56 Å². The third-order valence-corrected chi connectivity index (χ3v) is 4.35. The maximum absolute atomic E-state index is 5.89. The largest absolute Gasteiger partial charge is 0.462 e. The topological polar surface area (TPSA) is 43.0 Å². The molecule has 0 amide bonds. The van der Waals surface area contributed by atoms with Crippen LogP contribution in [0.2, 0.25) is 0 Å². The minimum Gasteiger partial charge on any atom is -0.462 e. The summed E-state index contributed by atoms with van der Waals surface area (Å²) in [6.07, 6.45) is 0. The highest BCUT2D eigenvalue weighted by molar-refractivity contribution is 9.10. The summed E-state index contributed by atoms with van der Waals surface area (Å²) in [5, 5.41) is 7.78. The monoisotopic (exact) mass is 325 g/mol. The maximum Gasteiger partial charge on any atom is 0.126 e. The van der Waals surface area contributed by atoms with Crippen LogP contribution >= 0.6 is 15.9 Å². The molecule has 19 heavy (non-hydrogen) atoms. The second-order valence-corrected chi connectivity index (χ2v) is 5.53. The molecule has 2 rings (SSSR count). The molecule has 2 aromatic rings. The molecule has 0 fully saturated rings. The van der Waals surface area contributed by atoms with Crippen molar-refractivity contribution in [2.75, 3.05) is 6.54 Å². The van der Waals surface area contributed by atoms with E-state index in [1.807, 2.05) is 11.6 Å². The van der Waals surface area contributed by atoms with Gasteiger partial charge in [0.05, 0.1) is 29.0 Å². The number of hydrogen-bond acceptors (Lipinski definition) is 3. The molecular formula is C14H20BrN3O. The van der Waals surface area contributed by atoms with Gasteiger partial charge in [-0.1, -0.05) is 6.92 Å². The van der Waals surface area contributed by atoms with Crippen molar-refractivity contribution in [3.63, 3.8) is 0 Å². The zero-order valence-corrected chi connectivity index (χ0v) is 13.5. The van der Waals surface area contributed by atoms with Gasteiger partial charge in [-0.05, 0) is 54.9 Å². The number of furan rings is 1. The number of aromatic nitrogens is 2. The van der Waals surface area contributed by atoms with Crippen LogP contribution in [0.5, 0.6) is 0 Å². The van der Waals surface area contributed by atoms with Crippen molar-refractivity contribution in [3.8, 4) is 0 Å². The lowest BCUT2D eigenvalue weighted by molar-refractivity contribution is 0.428. The Morgan fingerprint density at radius 1 is 1.37 bits per heavy atom. The number of hydrogen-bond donors (Lipinski definition) is 1. The Balaban J connectivity index is 2.17. The normalized spacial score (nSPS) is 11.2. The number of nitrogens with zero attached hydrogens (tertiary/aromatic N) is 2. The maximum atomic E-state index is 5.89.